The number of aromatic nitrogens is 1. The van der Waals surface area contributed by atoms with Gasteiger partial charge in [-0.2, -0.15) is 0 Å². The van der Waals surface area contributed by atoms with Gasteiger partial charge in [-0.1, -0.05) is 183 Å². The van der Waals surface area contributed by atoms with Crippen LogP contribution in [0.1, 0.15) is 0 Å². The van der Waals surface area contributed by atoms with Gasteiger partial charge in [0.15, 0.2) is 0 Å². The summed E-state index contributed by atoms with van der Waals surface area (Å²) in [4.78, 5) is 4.51. The largest absolute Gasteiger partial charge is 0.315 e. The number of anilines is 5. The minimum atomic E-state index is 0.936. The average Bonchev–Trinajstić information content (AvgIpc) is 3.74. The highest BCUT2D eigenvalue weighted by molar-refractivity contribution is 6.03. The summed E-state index contributed by atoms with van der Waals surface area (Å²) < 4.78 is 2.34. The molecule has 0 radical (unpaired) electrons. The van der Waals surface area contributed by atoms with Gasteiger partial charge in [0.2, 0.25) is 0 Å². The molecule has 0 unspecified atom stereocenters. The van der Waals surface area contributed by atoms with Crippen LogP contribution >= 0.6 is 0 Å². The Labute approximate surface area is 382 Å². The van der Waals surface area contributed by atoms with Gasteiger partial charge in [-0.05, 0) is 124 Å². The molecule has 310 valence electrons. The van der Waals surface area contributed by atoms with E-state index in [4.69, 9.17) is 0 Å². The van der Waals surface area contributed by atoms with Crippen molar-refractivity contribution in [2.45, 2.75) is 0 Å². The number of fused-ring (bicyclic) bond motifs is 1. The molecule has 8 aromatic carbocycles. The second kappa shape index (κ2) is 18.4. The van der Waals surface area contributed by atoms with Gasteiger partial charge in [0, 0.05) is 51.5 Å². The van der Waals surface area contributed by atoms with Crippen molar-refractivity contribution in [3.63, 3.8) is 0 Å². The summed E-state index contributed by atoms with van der Waals surface area (Å²) in [5.74, 6) is 0. The quantitative estimate of drug-likeness (QED) is 0.107. The highest BCUT2D eigenvalue weighted by atomic mass is 15.2. The highest BCUT2D eigenvalue weighted by Crippen LogP contribution is 2.45. The number of para-hydroxylation sites is 1. The Morgan fingerprint density at radius 1 is 0.354 bits per heavy atom. The van der Waals surface area contributed by atoms with E-state index in [1.807, 2.05) is 18.2 Å². The molecule has 3 heteroatoms. The van der Waals surface area contributed by atoms with Crippen LogP contribution in [-0.2, 0) is 0 Å². The van der Waals surface area contributed by atoms with Crippen molar-refractivity contribution >= 4 is 34.0 Å². The van der Waals surface area contributed by atoms with Crippen LogP contribution in [-0.4, -0.2) is 4.40 Å². The van der Waals surface area contributed by atoms with Crippen molar-refractivity contribution < 1.29 is 0 Å². The van der Waals surface area contributed by atoms with Crippen molar-refractivity contribution in [1.29, 1.82) is 0 Å². The summed E-state index contributed by atoms with van der Waals surface area (Å²) in [5.41, 5.74) is 19.2. The SMILES string of the molecule is C=C/C=C(\C=C)N(c1ccccc1)c1ccc(N(c2ccc(-c3ccccc3)cc2)c2ccc(-c3ccc(-c4c(-c5ccccc5)c(-c5ccccc5)c5ccccn45)cc3)cc2)cc1. The van der Waals surface area contributed by atoms with Crippen LogP contribution < -0.4 is 9.80 Å². The van der Waals surface area contributed by atoms with Gasteiger partial charge in [0.05, 0.1) is 11.2 Å². The second-order valence-electron chi connectivity index (χ2n) is 15.9. The molecule has 65 heavy (non-hydrogen) atoms. The molecule has 3 nitrogen and oxygen atoms in total. The van der Waals surface area contributed by atoms with Crippen molar-refractivity contribution in [3.8, 4) is 55.8 Å². The normalized spacial score (nSPS) is 11.3. The van der Waals surface area contributed by atoms with E-state index in [0.29, 0.717) is 0 Å². The van der Waals surface area contributed by atoms with Crippen LogP contribution in [0.15, 0.2) is 280 Å². The first kappa shape index (κ1) is 40.4. The number of rotatable bonds is 13. The molecule has 0 atom stereocenters. The predicted octanol–water partition coefficient (Wildman–Crippen LogP) is 17.1. The molecule has 0 amide bonds. The van der Waals surface area contributed by atoms with Crippen molar-refractivity contribution in [2.24, 2.45) is 0 Å². The summed E-state index contributed by atoms with van der Waals surface area (Å²) >= 11 is 0. The summed E-state index contributed by atoms with van der Waals surface area (Å²) in [6.45, 7) is 8.09. The van der Waals surface area contributed by atoms with Crippen LogP contribution in [0.3, 0.4) is 0 Å². The van der Waals surface area contributed by atoms with Gasteiger partial charge in [0.1, 0.15) is 0 Å². The molecule has 0 fully saturated rings. The number of hydrogen-bond acceptors (Lipinski definition) is 2. The van der Waals surface area contributed by atoms with E-state index in [9.17, 15) is 0 Å². The smallest absolute Gasteiger partial charge is 0.0613 e. The van der Waals surface area contributed by atoms with Crippen molar-refractivity contribution in [2.75, 3.05) is 9.80 Å². The monoisotopic (exact) mass is 833 g/mol. The zero-order valence-electron chi connectivity index (χ0n) is 36.1. The minimum Gasteiger partial charge on any atom is -0.315 e. The van der Waals surface area contributed by atoms with Gasteiger partial charge in [-0.15, -0.1) is 0 Å². The highest BCUT2D eigenvalue weighted by Gasteiger charge is 2.22. The van der Waals surface area contributed by atoms with Crippen LogP contribution in [0.25, 0.3) is 61.3 Å². The molecular formula is C62H47N3. The predicted molar refractivity (Wildman–Crippen MR) is 276 cm³/mol. The standard InChI is InChI=1S/C62H47N3/c1-3-19-53(4-2)64(54-26-15-8-16-27-54)57-41-43-58(44-42-57)65(55-37-33-48(34-38-55)46-20-9-5-10-21-46)56-39-35-49(36-40-56)47-29-31-52(32-30-47)62-61(51-24-13-7-14-25-51)60(50-22-11-6-12-23-50)59-28-17-18-45-63(59)62/h3-45H,1-2H2/b53-19+. The van der Waals surface area contributed by atoms with E-state index in [2.05, 4.69) is 264 Å². The molecule has 0 aliphatic rings. The van der Waals surface area contributed by atoms with Crippen LogP contribution in [0, 0.1) is 0 Å². The summed E-state index contributed by atoms with van der Waals surface area (Å²) in [7, 11) is 0. The Kier molecular flexibility index (Phi) is 11.4. The molecule has 0 saturated carbocycles. The average molecular weight is 834 g/mol. The molecule has 0 N–H and O–H groups in total. The number of benzene rings is 8. The van der Waals surface area contributed by atoms with Gasteiger partial charge in [0.25, 0.3) is 0 Å². The van der Waals surface area contributed by atoms with E-state index in [0.717, 1.165) is 50.8 Å². The van der Waals surface area contributed by atoms with Crippen molar-refractivity contribution in [1.82, 2.24) is 4.40 Å². The lowest BCUT2D eigenvalue weighted by Gasteiger charge is -2.29. The fourth-order valence-electron chi connectivity index (χ4n) is 8.91. The van der Waals surface area contributed by atoms with Gasteiger partial charge >= 0.3 is 0 Å². The van der Waals surface area contributed by atoms with Crippen LogP contribution in [0.5, 0.6) is 0 Å². The van der Waals surface area contributed by atoms with E-state index >= 15 is 0 Å². The molecular weight excluding hydrogens is 787 g/mol. The topological polar surface area (TPSA) is 10.9 Å². The number of allylic oxidation sites excluding steroid dienone is 3. The van der Waals surface area contributed by atoms with E-state index in [1.165, 1.54) is 44.6 Å². The molecule has 10 rings (SSSR count). The number of pyridine rings is 1. The fourth-order valence-corrected chi connectivity index (χ4v) is 8.91. The van der Waals surface area contributed by atoms with E-state index < -0.39 is 0 Å². The second-order valence-corrected chi connectivity index (χ2v) is 15.9. The lowest BCUT2D eigenvalue weighted by Crippen LogP contribution is -2.15. The maximum absolute atomic E-state index is 4.12. The Morgan fingerprint density at radius 2 is 0.738 bits per heavy atom. The Bertz CT molecular complexity index is 3220. The van der Waals surface area contributed by atoms with E-state index in [1.54, 1.807) is 6.08 Å². The zero-order chi connectivity index (χ0) is 44.0. The first-order chi connectivity index (χ1) is 32.2. The Balaban J connectivity index is 1.02. The lowest BCUT2D eigenvalue weighted by atomic mass is 9.93. The third kappa shape index (κ3) is 8.11. The Hall–Kier alpha value is -8.66. The van der Waals surface area contributed by atoms with Crippen molar-refractivity contribution in [3.05, 3.63) is 280 Å². The molecule has 0 saturated heterocycles. The molecule has 0 aliphatic carbocycles. The maximum atomic E-state index is 4.12. The molecule has 10 aromatic rings. The molecule has 0 bridgehead atoms. The summed E-state index contributed by atoms with van der Waals surface area (Å²) in [5, 5.41) is 0. The maximum Gasteiger partial charge on any atom is 0.0613 e. The summed E-state index contributed by atoms with van der Waals surface area (Å²) in [6, 6.07) is 84.3. The van der Waals surface area contributed by atoms with E-state index in [-0.39, 0.29) is 0 Å². The lowest BCUT2D eigenvalue weighted by molar-refractivity contribution is 1.20. The third-order valence-electron chi connectivity index (χ3n) is 12.0. The first-order valence-corrected chi connectivity index (χ1v) is 22.0. The fraction of sp³-hybridized carbons (Fsp3) is 0. The van der Waals surface area contributed by atoms with Gasteiger partial charge < -0.3 is 14.2 Å². The first-order valence-electron chi connectivity index (χ1n) is 22.0. The molecule has 2 heterocycles. The number of nitrogens with zero attached hydrogens (tertiary/aromatic N) is 3. The van der Waals surface area contributed by atoms with Gasteiger partial charge in [-0.3, -0.25) is 0 Å². The molecule has 0 spiro atoms. The zero-order valence-corrected chi connectivity index (χ0v) is 36.1. The van der Waals surface area contributed by atoms with Gasteiger partial charge in [-0.25, -0.2) is 0 Å². The molecule has 0 aliphatic heterocycles. The van der Waals surface area contributed by atoms with Crippen LogP contribution in [0.2, 0.25) is 0 Å². The Morgan fingerprint density at radius 3 is 1.25 bits per heavy atom. The summed E-state index contributed by atoms with van der Waals surface area (Å²) in [6.07, 6.45) is 7.83. The van der Waals surface area contributed by atoms with Crippen LogP contribution in [0.4, 0.5) is 28.4 Å². The third-order valence-corrected chi connectivity index (χ3v) is 12.0. The minimum absolute atomic E-state index is 0.936. The number of hydrogen-bond donors (Lipinski definition) is 0. The molecule has 2 aromatic heterocycles.